The van der Waals surface area contributed by atoms with Crippen LogP contribution in [0.1, 0.15) is 50.2 Å². The molecule has 0 radical (unpaired) electrons. The highest BCUT2D eigenvalue weighted by Gasteiger charge is 2.23. The van der Waals surface area contributed by atoms with Gasteiger partial charge in [0, 0.05) is 4.90 Å². The van der Waals surface area contributed by atoms with Crippen molar-refractivity contribution in [2.45, 2.75) is 49.5 Å². The summed E-state index contributed by atoms with van der Waals surface area (Å²) in [6, 6.07) is 8.28. The van der Waals surface area contributed by atoms with E-state index in [-0.39, 0.29) is 6.10 Å². The molecule has 0 saturated heterocycles. The van der Waals surface area contributed by atoms with Gasteiger partial charge in [0.05, 0.1) is 6.10 Å². The molecule has 0 heterocycles. The molecule has 0 spiro atoms. The van der Waals surface area contributed by atoms with Gasteiger partial charge in [0.2, 0.25) is 0 Å². The number of hydrogen-bond donors (Lipinski definition) is 1. The molecule has 1 atom stereocenters. The minimum Gasteiger partial charge on any atom is -0.388 e. The molecule has 1 nitrogen and oxygen atoms in total. The number of rotatable bonds is 3. The van der Waals surface area contributed by atoms with Crippen LogP contribution in [-0.2, 0) is 0 Å². The topological polar surface area (TPSA) is 20.2 Å². The highest BCUT2D eigenvalue weighted by atomic mass is 32.2. The van der Waals surface area contributed by atoms with Crippen LogP contribution >= 0.6 is 11.8 Å². The molecule has 2 rings (SSSR count). The maximum atomic E-state index is 10.6. The first kappa shape index (κ1) is 13.0. The van der Waals surface area contributed by atoms with E-state index in [9.17, 15) is 5.11 Å². The molecular formula is C15H22OS. The Hall–Kier alpha value is -0.470. The molecule has 1 N–H and O–H groups in total. The van der Waals surface area contributed by atoms with Crippen LogP contribution in [0.5, 0.6) is 0 Å². The second-order valence-electron chi connectivity index (χ2n) is 4.94. The van der Waals surface area contributed by atoms with E-state index in [1.165, 1.54) is 43.4 Å². The lowest BCUT2D eigenvalue weighted by Gasteiger charge is -2.23. The van der Waals surface area contributed by atoms with Crippen molar-refractivity contribution in [1.82, 2.24) is 0 Å². The van der Waals surface area contributed by atoms with Crippen molar-refractivity contribution in [3.63, 3.8) is 0 Å². The largest absolute Gasteiger partial charge is 0.388 e. The molecule has 1 aliphatic carbocycles. The van der Waals surface area contributed by atoms with Crippen LogP contribution in [0, 0.1) is 5.92 Å². The fraction of sp³-hybridized carbons (Fsp3) is 0.600. The Morgan fingerprint density at radius 2 is 1.76 bits per heavy atom. The van der Waals surface area contributed by atoms with Gasteiger partial charge >= 0.3 is 0 Å². The number of aliphatic hydroxyl groups excluding tert-OH is 1. The van der Waals surface area contributed by atoms with Crippen LogP contribution < -0.4 is 0 Å². The Morgan fingerprint density at radius 3 is 2.41 bits per heavy atom. The Kier molecular flexibility index (Phi) is 4.93. The minimum absolute atomic E-state index is 0.267. The predicted molar refractivity (Wildman–Crippen MR) is 74.4 cm³/mol. The molecule has 94 valence electrons. The second-order valence-corrected chi connectivity index (χ2v) is 5.79. The highest BCUT2D eigenvalue weighted by Crippen LogP contribution is 2.36. The fourth-order valence-electron chi connectivity index (χ4n) is 2.79. The average molecular weight is 250 g/mol. The first-order chi connectivity index (χ1) is 8.33. The summed E-state index contributed by atoms with van der Waals surface area (Å²) in [7, 11) is 0. The second kappa shape index (κ2) is 6.46. The molecule has 1 aliphatic rings. The quantitative estimate of drug-likeness (QED) is 0.633. The van der Waals surface area contributed by atoms with Gasteiger partial charge in [-0.2, -0.15) is 0 Å². The maximum Gasteiger partial charge on any atom is 0.0828 e. The third kappa shape index (κ3) is 3.26. The maximum absolute atomic E-state index is 10.6. The third-order valence-corrected chi connectivity index (χ3v) is 4.62. The molecule has 1 fully saturated rings. The van der Waals surface area contributed by atoms with E-state index >= 15 is 0 Å². The van der Waals surface area contributed by atoms with Gasteiger partial charge in [-0.15, -0.1) is 11.8 Å². The summed E-state index contributed by atoms with van der Waals surface area (Å²) in [5.74, 6) is 0.464. The molecule has 0 amide bonds. The van der Waals surface area contributed by atoms with Gasteiger partial charge in [0.15, 0.2) is 0 Å². The summed E-state index contributed by atoms with van der Waals surface area (Å²) in [5, 5.41) is 10.6. The van der Waals surface area contributed by atoms with E-state index in [2.05, 4.69) is 24.5 Å². The van der Waals surface area contributed by atoms with E-state index in [0.717, 1.165) is 5.56 Å². The number of aliphatic hydroxyl groups is 1. The number of benzene rings is 1. The summed E-state index contributed by atoms with van der Waals surface area (Å²) in [6.45, 7) is 0. The predicted octanol–water partition coefficient (Wildman–Crippen LogP) is 4.41. The lowest BCUT2D eigenvalue weighted by Crippen LogP contribution is -2.12. The molecule has 0 bridgehead atoms. The van der Waals surface area contributed by atoms with E-state index in [1.807, 2.05) is 6.07 Å². The molecule has 1 unspecified atom stereocenters. The van der Waals surface area contributed by atoms with Crippen molar-refractivity contribution in [3.8, 4) is 0 Å². The number of hydrogen-bond acceptors (Lipinski definition) is 2. The van der Waals surface area contributed by atoms with Crippen molar-refractivity contribution < 1.29 is 5.11 Å². The Bertz CT molecular complexity index is 343. The first-order valence-corrected chi connectivity index (χ1v) is 7.86. The molecule has 0 aromatic heterocycles. The molecule has 1 aromatic rings. The zero-order chi connectivity index (χ0) is 12.1. The van der Waals surface area contributed by atoms with Gasteiger partial charge in [-0.05, 0) is 36.6 Å². The molecule has 0 aliphatic heterocycles. The highest BCUT2D eigenvalue weighted by molar-refractivity contribution is 7.98. The summed E-state index contributed by atoms with van der Waals surface area (Å²) >= 11 is 1.73. The van der Waals surface area contributed by atoms with Crippen LogP contribution in [0.4, 0.5) is 0 Å². The molecular weight excluding hydrogens is 228 g/mol. The molecule has 2 heteroatoms. The van der Waals surface area contributed by atoms with Crippen molar-refractivity contribution in [2.24, 2.45) is 5.92 Å². The van der Waals surface area contributed by atoms with Crippen LogP contribution in [-0.4, -0.2) is 11.4 Å². The minimum atomic E-state index is -0.267. The van der Waals surface area contributed by atoms with Gasteiger partial charge in [0.1, 0.15) is 0 Å². The summed E-state index contributed by atoms with van der Waals surface area (Å²) in [5.41, 5.74) is 1.13. The van der Waals surface area contributed by atoms with E-state index in [1.54, 1.807) is 11.8 Å². The monoisotopic (exact) mass is 250 g/mol. The van der Waals surface area contributed by atoms with Crippen molar-refractivity contribution in [1.29, 1.82) is 0 Å². The summed E-state index contributed by atoms with van der Waals surface area (Å²) < 4.78 is 0. The van der Waals surface area contributed by atoms with Crippen LogP contribution in [0.2, 0.25) is 0 Å². The normalized spacial score (nSPS) is 19.9. The fourth-order valence-corrected chi connectivity index (χ4v) is 3.43. The lowest BCUT2D eigenvalue weighted by atomic mass is 9.89. The van der Waals surface area contributed by atoms with Crippen molar-refractivity contribution in [2.75, 3.05) is 6.26 Å². The van der Waals surface area contributed by atoms with Gasteiger partial charge in [-0.1, -0.05) is 43.9 Å². The summed E-state index contributed by atoms with van der Waals surface area (Å²) in [4.78, 5) is 1.23. The van der Waals surface area contributed by atoms with Crippen LogP contribution in [0.15, 0.2) is 29.2 Å². The van der Waals surface area contributed by atoms with Gasteiger partial charge < -0.3 is 5.11 Å². The van der Waals surface area contributed by atoms with Crippen molar-refractivity contribution in [3.05, 3.63) is 29.8 Å². The van der Waals surface area contributed by atoms with Crippen LogP contribution in [0.25, 0.3) is 0 Å². The Balaban J connectivity index is 2.14. The zero-order valence-corrected chi connectivity index (χ0v) is 11.4. The standard InChI is InChI=1S/C15H22OS/c1-17-14-11-7-6-10-13(14)15(16)12-8-4-2-3-5-9-12/h6-7,10-12,15-16H,2-5,8-9H2,1H3. The van der Waals surface area contributed by atoms with E-state index in [4.69, 9.17) is 0 Å². The lowest BCUT2D eigenvalue weighted by molar-refractivity contribution is 0.0964. The van der Waals surface area contributed by atoms with Crippen molar-refractivity contribution >= 4 is 11.8 Å². The van der Waals surface area contributed by atoms with Gasteiger partial charge in [0.25, 0.3) is 0 Å². The molecule has 1 saturated carbocycles. The summed E-state index contributed by atoms with van der Waals surface area (Å²) in [6.07, 6.45) is 9.43. The van der Waals surface area contributed by atoms with E-state index in [0.29, 0.717) is 5.92 Å². The van der Waals surface area contributed by atoms with Gasteiger partial charge in [-0.3, -0.25) is 0 Å². The first-order valence-electron chi connectivity index (χ1n) is 6.64. The Labute approximate surface area is 109 Å². The van der Waals surface area contributed by atoms with Crippen LogP contribution in [0.3, 0.4) is 0 Å². The molecule has 17 heavy (non-hydrogen) atoms. The average Bonchev–Trinajstić information content (AvgIpc) is 2.66. The molecule has 1 aromatic carbocycles. The third-order valence-electron chi connectivity index (χ3n) is 3.80. The van der Waals surface area contributed by atoms with E-state index < -0.39 is 0 Å². The smallest absolute Gasteiger partial charge is 0.0828 e. The van der Waals surface area contributed by atoms with Gasteiger partial charge in [-0.25, -0.2) is 0 Å². The number of thioether (sulfide) groups is 1. The zero-order valence-electron chi connectivity index (χ0n) is 10.6. The SMILES string of the molecule is CSc1ccccc1C(O)C1CCCCCC1. The Morgan fingerprint density at radius 1 is 1.12 bits per heavy atom.